The van der Waals surface area contributed by atoms with Gasteiger partial charge in [0.05, 0.1) is 25.5 Å². The molecule has 0 spiro atoms. The monoisotopic (exact) mass is 421 g/mol. The average molecular weight is 422 g/mol. The standard InChI is InChI=1S/C21H27N3O4.ClH/c1-4-10-22-11-12-23-21(26)16-13-18(27-2)19(28-3)14-17(16)24-20(25)15-8-6-5-7-9-15;/h5-9,13-14,22H,4,10-12H2,1-3H3,(H,23,26)(H,24,25);1H. The second kappa shape index (κ2) is 12.6. The van der Waals surface area contributed by atoms with Gasteiger partial charge in [0.25, 0.3) is 11.8 Å². The summed E-state index contributed by atoms with van der Waals surface area (Å²) >= 11 is 0. The van der Waals surface area contributed by atoms with Crippen molar-refractivity contribution in [2.75, 3.05) is 39.2 Å². The molecule has 0 saturated heterocycles. The van der Waals surface area contributed by atoms with Crippen LogP contribution in [0, 0.1) is 0 Å². The average Bonchev–Trinajstić information content (AvgIpc) is 2.73. The van der Waals surface area contributed by atoms with E-state index in [4.69, 9.17) is 9.47 Å². The molecule has 0 fully saturated rings. The van der Waals surface area contributed by atoms with Crippen molar-refractivity contribution in [2.24, 2.45) is 0 Å². The summed E-state index contributed by atoms with van der Waals surface area (Å²) in [5.41, 5.74) is 1.15. The Hall–Kier alpha value is -2.77. The number of carbonyl (C=O) groups excluding carboxylic acids is 2. The van der Waals surface area contributed by atoms with Gasteiger partial charge < -0.3 is 25.4 Å². The lowest BCUT2D eigenvalue weighted by atomic mass is 10.1. The number of ether oxygens (including phenoxy) is 2. The molecule has 3 N–H and O–H groups in total. The maximum atomic E-state index is 12.7. The molecular weight excluding hydrogens is 394 g/mol. The minimum atomic E-state index is -0.313. The van der Waals surface area contributed by atoms with Crippen molar-refractivity contribution in [3.8, 4) is 11.5 Å². The van der Waals surface area contributed by atoms with Crippen LogP contribution >= 0.6 is 12.4 Å². The number of benzene rings is 2. The maximum absolute atomic E-state index is 12.7. The summed E-state index contributed by atoms with van der Waals surface area (Å²) in [5, 5.41) is 8.87. The number of methoxy groups -OCH3 is 2. The van der Waals surface area contributed by atoms with E-state index in [0.717, 1.165) is 13.0 Å². The van der Waals surface area contributed by atoms with Gasteiger partial charge in [-0.2, -0.15) is 0 Å². The number of hydrogen-bond acceptors (Lipinski definition) is 5. The van der Waals surface area contributed by atoms with E-state index in [1.165, 1.54) is 14.2 Å². The van der Waals surface area contributed by atoms with Gasteiger partial charge in [-0.25, -0.2) is 0 Å². The van der Waals surface area contributed by atoms with Crippen molar-refractivity contribution < 1.29 is 19.1 Å². The SMILES string of the molecule is CCCNCCNC(=O)c1cc(OC)c(OC)cc1NC(=O)c1ccccc1.Cl. The van der Waals surface area contributed by atoms with E-state index >= 15 is 0 Å². The smallest absolute Gasteiger partial charge is 0.255 e. The Balaban J connectivity index is 0.00000420. The number of hydrogen-bond donors (Lipinski definition) is 3. The van der Waals surface area contributed by atoms with Crippen LogP contribution in [0.1, 0.15) is 34.1 Å². The lowest BCUT2D eigenvalue weighted by molar-refractivity contribution is 0.0954. The molecule has 2 rings (SSSR count). The highest BCUT2D eigenvalue weighted by molar-refractivity contribution is 6.09. The van der Waals surface area contributed by atoms with E-state index in [1.54, 1.807) is 36.4 Å². The van der Waals surface area contributed by atoms with Gasteiger partial charge >= 0.3 is 0 Å². The fourth-order valence-electron chi connectivity index (χ4n) is 2.62. The third kappa shape index (κ3) is 6.96. The Morgan fingerprint density at radius 3 is 2.17 bits per heavy atom. The first-order valence-corrected chi connectivity index (χ1v) is 9.22. The molecule has 0 atom stereocenters. The first-order valence-electron chi connectivity index (χ1n) is 9.22. The van der Waals surface area contributed by atoms with Crippen LogP contribution in [0.4, 0.5) is 5.69 Å². The van der Waals surface area contributed by atoms with E-state index in [-0.39, 0.29) is 24.2 Å². The van der Waals surface area contributed by atoms with Crippen LogP contribution in [-0.2, 0) is 0 Å². The molecular formula is C21H28ClN3O4. The highest BCUT2D eigenvalue weighted by Crippen LogP contribution is 2.33. The summed E-state index contributed by atoms with van der Waals surface area (Å²) < 4.78 is 10.6. The number of nitrogens with one attached hydrogen (secondary N) is 3. The number of rotatable bonds is 10. The lowest BCUT2D eigenvalue weighted by Gasteiger charge is -2.16. The van der Waals surface area contributed by atoms with Crippen LogP contribution in [0.25, 0.3) is 0 Å². The molecule has 0 aromatic heterocycles. The van der Waals surface area contributed by atoms with E-state index in [0.29, 0.717) is 41.4 Å². The molecule has 0 radical (unpaired) electrons. The minimum Gasteiger partial charge on any atom is -0.493 e. The third-order valence-corrected chi connectivity index (χ3v) is 4.07. The quantitative estimate of drug-likeness (QED) is 0.513. The van der Waals surface area contributed by atoms with Crippen LogP contribution in [0.15, 0.2) is 42.5 Å². The second-order valence-electron chi connectivity index (χ2n) is 6.08. The number of anilines is 1. The van der Waals surface area contributed by atoms with Crippen LogP contribution in [-0.4, -0.2) is 45.7 Å². The van der Waals surface area contributed by atoms with E-state index in [2.05, 4.69) is 22.9 Å². The summed E-state index contributed by atoms with van der Waals surface area (Å²) in [6.07, 6.45) is 1.03. The number of carbonyl (C=O) groups is 2. The molecule has 8 heteroatoms. The number of amides is 2. The Bertz CT molecular complexity index is 800. The molecule has 0 aliphatic rings. The molecule has 2 aromatic carbocycles. The van der Waals surface area contributed by atoms with Gasteiger partial charge in [0.15, 0.2) is 11.5 Å². The van der Waals surface area contributed by atoms with Crippen molar-refractivity contribution >= 4 is 29.9 Å². The fraction of sp³-hybridized carbons (Fsp3) is 0.333. The summed E-state index contributed by atoms with van der Waals surface area (Å²) in [7, 11) is 3.00. The largest absolute Gasteiger partial charge is 0.493 e. The maximum Gasteiger partial charge on any atom is 0.255 e. The van der Waals surface area contributed by atoms with E-state index in [1.807, 2.05) is 6.07 Å². The zero-order valence-electron chi connectivity index (χ0n) is 16.9. The highest BCUT2D eigenvalue weighted by atomic mass is 35.5. The Morgan fingerprint density at radius 2 is 1.55 bits per heavy atom. The van der Waals surface area contributed by atoms with Crippen molar-refractivity contribution in [3.63, 3.8) is 0 Å². The summed E-state index contributed by atoms with van der Waals surface area (Å²) in [6, 6.07) is 11.9. The molecule has 0 aliphatic heterocycles. The van der Waals surface area contributed by atoms with E-state index < -0.39 is 0 Å². The summed E-state index contributed by atoms with van der Waals surface area (Å²) in [6.45, 7) is 4.11. The summed E-state index contributed by atoms with van der Waals surface area (Å²) in [5.74, 6) is 0.218. The van der Waals surface area contributed by atoms with Crippen LogP contribution < -0.4 is 25.4 Å². The van der Waals surface area contributed by atoms with Crippen molar-refractivity contribution in [3.05, 3.63) is 53.6 Å². The first kappa shape index (κ1) is 24.3. The first-order chi connectivity index (χ1) is 13.6. The molecule has 0 saturated carbocycles. The lowest BCUT2D eigenvalue weighted by Crippen LogP contribution is -2.32. The van der Waals surface area contributed by atoms with Gasteiger partial charge in [-0.05, 0) is 31.2 Å². The molecule has 0 bridgehead atoms. The zero-order valence-corrected chi connectivity index (χ0v) is 17.7. The van der Waals surface area contributed by atoms with Crippen LogP contribution in [0.2, 0.25) is 0 Å². The van der Waals surface area contributed by atoms with Gasteiger partial charge in [0.1, 0.15) is 0 Å². The van der Waals surface area contributed by atoms with Gasteiger partial charge in [0, 0.05) is 24.7 Å². The highest BCUT2D eigenvalue weighted by Gasteiger charge is 2.19. The third-order valence-electron chi connectivity index (χ3n) is 4.07. The fourth-order valence-corrected chi connectivity index (χ4v) is 2.62. The van der Waals surface area contributed by atoms with Crippen molar-refractivity contribution in [1.29, 1.82) is 0 Å². The minimum absolute atomic E-state index is 0. The van der Waals surface area contributed by atoms with Crippen LogP contribution in [0.3, 0.4) is 0 Å². The molecule has 0 unspecified atom stereocenters. The topological polar surface area (TPSA) is 88.7 Å². The van der Waals surface area contributed by atoms with Gasteiger partial charge in [-0.15, -0.1) is 12.4 Å². The molecule has 2 amide bonds. The van der Waals surface area contributed by atoms with Gasteiger partial charge in [-0.3, -0.25) is 9.59 Å². The van der Waals surface area contributed by atoms with Crippen molar-refractivity contribution in [2.45, 2.75) is 13.3 Å². The Kier molecular flexibility index (Phi) is 10.6. The summed E-state index contributed by atoms with van der Waals surface area (Å²) in [4.78, 5) is 25.2. The molecule has 7 nitrogen and oxygen atoms in total. The molecule has 29 heavy (non-hydrogen) atoms. The predicted octanol–water partition coefficient (Wildman–Crippen LogP) is 3.11. The van der Waals surface area contributed by atoms with Crippen LogP contribution in [0.5, 0.6) is 11.5 Å². The molecule has 0 heterocycles. The molecule has 0 aliphatic carbocycles. The predicted molar refractivity (Wildman–Crippen MR) is 117 cm³/mol. The van der Waals surface area contributed by atoms with E-state index in [9.17, 15) is 9.59 Å². The Morgan fingerprint density at radius 1 is 0.897 bits per heavy atom. The van der Waals surface area contributed by atoms with Crippen molar-refractivity contribution in [1.82, 2.24) is 10.6 Å². The van der Waals surface area contributed by atoms with Gasteiger partial charge in [0.2, 0.25) is 0 Å². The molecule has 2 aromatic rings. The normalized spacial score (nSPS) is 9.90. The Labute approximate surface area is 177 Å². The second-order valence-corrected chi connectivity index (χ2v) is 6.08. The molecule has 158 valence electrons. The zero-order chi connectivity index (χ0) is 20.4. The number of halogens is 1. The van der Waals surface area contributed by atoms with Gasteiger partial charge in [-0.1, -0.05) is 25.1 Å².